The van der Waals surface area contributed by atoms with Crippen molar-refractivity contribution in [2.45, 2.75) is 12.8 Å². The van der Waals surface area contributed by atoms with Gasteiger partial charge in [0.1, 0.15) is 6.54 Å². The minimum atomic E-state index is -1.04. The fourth-order valence-corrected chi connectivity index (χ4v) is 2.08. The number of carbonyl (C=O) groups is 2. The third kappa shape index (κ3) is 4.28. The summed E-state index contributed by atoms with van der Waals surface area (Å²) in [6.07, 6.45) is 0.585. The highest BCUT2D eigenvalue weighted by atomic mass is 16.5. The zero-order valence-electron chi connectivity index (χ0n) is 13.2. The summed E-state index contributed by atoms with van der Waals surface area (Å²) in [6, 6.07) is 3.53. The van der Waals surface area contributed by atoms with Crippen LogP contribution in [0, 0.1) is 0 Å². The lowest BCUT2D eigenvalue weighted by Gasteiger charge is -2.17. The summed E-state index contributed by atoms with van der Waals surface area (Å²) < 4.78 is 15.8. The zero-order valence-corrected chi connectivity index (χ0v) is 13.2. The zero-order chi connectivity index (χ0) is 16.7. The topological polar surface area (TPSA) is 85.3 Å². The third-order valence-electron chi connectivity index (χ3n) is 3.19. The van der Waals surface area contributed by atoms with Crippen molar-refractivity contribution in [3.05, 3.63) is 17.7 Å². The molecular weight excluding hydrogens is 290 g/mol. The molecule has 0 heterocycles. The lowest BCUT2D eigenvalue weighted by atomic mass is 10.1. The molecular formula is C15H21NO6. The fourth-order valence-electron chi connectivity index (χ4n) is 2.08. The average molecular weight is 311 g/mol. The van der Waals surface area contributed by atoms with E-state index in [1.54, 1.807) is 12.1 Å². The number of hydrogen-bond acceptors (Lipinski definition) is 5. The predicted molar refractivity (Wildman–Crippen MR) is 79.7 cm³/mol. The lowest BCUT2D eigenvalue weighted by Crippen LogP contribution is -2.32. The van der Waals surface area contributed by atoms with Crippen LogP contribution >= 0.6 is 0 Å². The Morgan fingerprint density at radius 3 is 2.23 bits per heavy atom. The number of ether oxygens (including phenoxy) is 3. The van der Waals surface area contributed by atoms with Gasteiger partial charge in [0.05, 0.1) is 21.3 Å². The Labute approximate surface area is 129 Å². The number of rotatable bonds is 8. The van der Waals surface area contributed by atoms with E-state index in [0.717, 1.165) is 5.56 Å². The maximum atomic E-state index is 11.9. The summed E-state index contributed by atoms with van der Waals surface area (Å²) in [5.74, 6) is 0.223. The van der Waals surface area contributed by atoms with E-state index in [4.69, 9.17) is 19.3 Å². The van der Waals surface area contributed by atoms with E-state index in [1.807, 2.05) is 0 Å². The number of benzene rings is 1. The number of methoxy groups -OCH3 is 3. The monoisotopic (exact) mass is 311 g/mol. The molecule has 0 bridgehead atoms. The molecule has 1 N–H and O–H groups in total. The molecule has 122 valence electrons. The molecule has 1 aromatic carbocycles. The minimum absolute atomic E-state index is 0.176. The SMILES string of the molecule is COc1ccc(CCC(=O)N(C)CC(=O)O)c(OC)c1OC. The van der Waals surface area contributed by atoms with E-state index in [-0.39, 0.29) is 18.9 Å². The lowest BCUT2D eigenvalue weighted by molar-refractivity contribution is -0.143. The number of carboxylic acid groups (broad SMARTS) is 1. The molecule has 0 spiro atoms. The number of aryl methyl sites for hydroxylation is 1. The molecule has 1 aromatic rings. The van der Waals surface area contributed by atoms with Crippen molar-refractivity contribution in [1.82, 2.24) is 4.90 Å². The van der Waals surface area contributed by atoms with Crippen molar-refractivity contribution in [3.63, 3.8) is 0 Å². The Balaban J connectivity index is 2.86. The molecule has 0 unspecified atom stereocenters. The van der Waals surface area contributed by atoms with E-state index >= 15 is 0 Å². The second-order valence-electron chi connectivity index (χ2n) is 4.64. The van der Waals surface area contributed by atoms with Gasteiger partial charge in [-0.2, -0.15) is 0 Å². The third-order valence-corrected chi connectivity index (χ3v) is 3.19. The summed E-state index contributed by atoms with van der Waals surface area (Å²) in [5.41, 5.74) is 0.789. The van der Waals surface area contributed by atoms with Crippen molar-refractivity contribution in [3.8, 4) is 17.2 Å². The summed E-state index contributed by atoms with van der Waals surface area (Å²) >= 11 is 0. The van der Waals surface area contributed by atoms with E-state index in [0.29, 0.717) is 23.7 Å². The highest BCUT2D eigenvalue weighted by Gasteiger charge is 2.18. The summed E-state index contributed by atoms with van der Waals surface area (Å²) in [7, 11) is 6.01. The van der Waals surface area contributed by atoms with Crippen LogP contribution in [0.15, 0.2) is 12.1 Å². The maximum Gasteiger partial charge on any atom is 0.323 e. The van der Waals surface area contributed by atoms with E-state index in [9.17, 15) is 9.59 Å². The molecule has 0 atom stereocenters. The number of likely N-dealkylation sites (N-methyl/N-ethyl adjacent to an activating group) is 1. The first-order valence-electron chi connectivity index (χ1n) is 6.68. The molecule has 1 rings (SSSR count). The fraction of sp³-hybridized carbons (Fsp3) is 0.467. The van der Waals surface area contributed by atoms with E-state index in [1.165, 1.54) is 33.3 Å². The van der Waals surface area contributed by atoms with Gasteiger partial charge in [-0.25, -0.2) is 0 Å². The molecule has 0 saturated heterocycles. The molecule has 7 nitrogen and oxygen atoms in total. The largest absolute Gasteiger partial charge is 0.493 e. The molecule has 0 aliphatic heterocycles. The smallest absolute Gasteiger partial charge is 0.323 e. The molecule has 0 aliphatic carbocycles. The van der Waals surface area contributed by atoms with Crippen LogP contribution in [-0.4, -0.2) is 56.8 Å². The number of amides is 1. The quantitative estimate of drug-likeness (QED) is 0.776. The van der Waals surface area contributed by atoms with Gasteiger partial charge < -0.3 is 24.2 Å². The van der Waals surface area contributed by atoms with Gasteiger partial charge in [-0.15, -0.1) is 0 Å². The molecule has 0 fully saturated rings. The van der Waals surface area contributed by atoms with Crippen molar-refractivity contribution >= 4 is 11.9 Å². The normalized spacial score (nSPS) is 10.0. The molecule has 0 radical (unpaired) electrons. The summed E-state index contributed by atoms with van der Waals surface area (Å²) in [4.78, 5) is 23.7. The number of nitrogens with zero attached hydrogens (tertiary/aromatic N) is 1. The van der Waals surface area contributed by atoms with Crippen LogP contribution < -0.4 is 14.2 Å². The highest BCUT2D eigenvalue weighted by molar-refractivity contribution is 5.81. The van der Waals surface area contributed by atoms with Gasteiger partial charge in [0.25, 0.3) is 0 Å². The van der Waals surface area contributed by atoms with Gasteiger partial charge >= 0.3 is 5.97 Å². The molecule has 22 heavy (non-hydrogen) atoms. The van der Waals surface area contributed by atoms with Gasteiger partial charge in [-0.05, 0) is 18.1 Å². The van der Waals surface area contributed by atoms with Crippen LogP contribution in [0.2, 0.25) is 0 Å². The number of carboxylic acids is 1. The molecule has 1 amide bonds. The van der Waals surface area contributed by atoms with Crippen LogP contribution in [0.4, 0.5) is 0 Å². The van der Waals surface area contributed by atoms with Crippen LogP contribution in [0.3, 0.4) is 0 Å². The van der Waals surface area contributed by atoms with Crippen molar-refractivity contribution in [1.29, 1.82) is 0 Å². The number of carbonyl (C=O) groups excluding carboxylic acids is 1. The summed E-state index contributed by atoms with van der Waals surface area (Å²) in [5, 5.41) is 8.68. The van der Waals surface area contributed by atoms with Crippen molar-refractivity contribution in [2.75, 3.05) is 34.9 Å². The maximum absolute atomic E-state index is 11.9. The van der Waals surface area contributed by atoms with Gasteiger partial charge in [0.15, 0.2) is 11.5 Å². The Morgan fingerprint density at radius 2 is 1.73 bits per heavy atom. The highest BCUT2D eigenvalue weighted by Crippen LogP contribution is 2.40. The minimum Gasteiger partial charge on any atom is -0.493 e. The average Bonchev–Trinajstić information content (AvgIpc) is 2.50. The first kappa shape index (κ1) is 17.6. The standard InChI is InChI=1S/C15H21NO6/c1-16(9-13(18)19)12(17)8-6-10-5-7-11(20-2)15(22-4)14(10)21-3/h5,7H,6,8-9H2,1-4H3,(H,18,19). The molecule has 7 heteroatoms. The molecule has 0 aliphatic rings. The summed E-state index contributed by atoms with van der Waals surface area (Å²) in [6.45, 7) is -0.318. The molecule has 0 aromatic heterocycles. The first-order valence-corrected chi connectivity index (χ1v) is 6.68. The van der Waals surface area contributed by atoms with E-state index < -0.39 is 5.97 Å². The second-order valence-corrected chi connectivity index (χ2v) is 4.64. The second kappa shape index (κ2) is 8.11. The molecule has 0 saturated carbocycles. The van der Waals surface area contributed by atoms with Gasteiger partial charge in [-0.1, -0.05) is 6.07 Å². The number of hydrogen-bond donors (Lipinski definition) is 1. The van der Waals surface area contributed by atoms with Crippen molar-refractivity contribution in [2.24, 2.45) is 0 Å². The predicted octanol–water partition coefficient (Wildman–Crippen LogP) is 1.19. The van der Waals surface area contributed by atoms with Gasteiger partial charge in [0, 0.05) is 13.5 Å². The van der Waals surface area contributed by atoms with E-state index in [2.05, 4.69) is 0 Å². The Bertz CT molecular complexity index is 543. The van der Waals surface area contributed by atoms with Crippen LogP contribution in [0.5, 0.6) is 17.2 Å². The van der Waals surface area contributed by atoms with Crippen LogP contribution in [0.25, 0.3) is 0 Å². The number of aliphatic carboxylic acids is 1. The van der Waals surface area contributed by atoms with Gasteiger partial charge in [-0.3, -0.25) is 9.59 Å². The Kier molecular flexibility index (Phi) is 6.49. The first-order chi connectivity index (χ1) is 10.4. The van der Waals surface area contributed by atoms with Crippen LogP contribution in [0.1, 0.15) is 12.0 Å². The van der Waals surface area contributed by atoms with Crippen LogP contribution in [-0.2, 0) is 16.0 Å². The van der Waals surface area contributed by atoms with Crippen molar-refractivity contribution < 1.29 is 28.9 Å². The van der Waals surface area contributed by atoms with Gasteiger partial charge in [0.2, 0.25) is 11.7 Å². The Morgan fingerprint density at radius 1 is 1.09 bits per heavy atom. The Hall–Kier alpha value is -2.44.